The van der Waals surface area contributed by atoms with Crippen LogP contribution in [0.4, 0.5) is 11.5 Å². The van der Waals surface area contributed by atoms with Crippen molar-refractivity contribution in [1.29, 1.82) is 0 Å². The molecule has 5 nitrogen and oxygen atoms in total. The van der Waals surface area contributed by atoms with Crippen LogP contribution >= 0.6 is 0 Å². The highest BCUT2D eigenvalue weighted by Crippen LogP contribution is 2.21. The number of aliphatic hydroxyl groups excluding tert-OH is 1. The van der Waals surface area contributed by atoms with Crippen molar-refractivity contribution >= 4 is 11.5 Å². The van der Waals surface area contributed by atoms with E-state index >= 15 is 0 Å². The highest BCUT2D eigenvalue weighted by molar-refractivity contribution is 5.53. The van der Waals surface area contributed by atoms with Crippen molar-refractivity contribution in [3.05, 3.63) is 12.1 Å². The topological polar surface area (TPSA) is 80.4 Å². The molecule has 0 saturated heterocycles. The van der Waals surface area contributed by atoms with Gasteiger partial charge < -0.3 is 20.9 Å². The molecule has 1 aromatic rings. The fraction of sp³-hybridized carbons (Fsp3) is 0.667. The van der Waals surface area contributed by atoms with Gasteiger partial charge in [-0.05, 0) is 36.8 Å². The van der Waals surface area contributed by atoms with Crippen molar-refractivity contribution in [3.8, 4) is 5.88 Å². The van der Waals surface area contributed by atoms with Crippen molar-refractivity contribution in [2.45, 2.75) is 33.6 Å². The first-order chi connectivity index (χ1) is 9.52. The van der Waals surface area contributed by atoms with Crippen LogP contribution in [0, 0.1) is 11.8 Å². The summed E-state index contributed by atoms with van der Waals surface area (Å²) in [5.74, 6) is 2.05. The van der Waals surface area contributed by atoms with Gasteiger partial charge in [-0.15, -0.1) is 0 Å². The number of nitrogens with zero attached hydrogens (tertiary/aromatic N) is 1. The Labute approximate surface area is 121 Å². The molecular weight excluding hydrogens is 254 g/mol. The summed E-state index contributed by atoms with van der Waals surface area (Å²) in [6.07, 6.45) is 1.99. The van der Waals surface area contributed by atoms with Crippen molar-refractivity contribution in [3.63, 3.8) is 0 Å². The summed E-state index contributed by atoms with van der Waals surface area (Å²) in [6.45, 7) is 7.88. The summed E-state index contributed by atoms with van der Waals surface area (Å²) in [4.78, 5) is 4.37. The summed E-state index contributed by atoms with van der Waals surface area (Å²) < 4.78 is 5.59. The lowest BCUT2D eigenvalue weighted by atomic mass is 10.1. The minimum absolute atomic E-state index is 0.243. The summed E-state index contributed by atoms with van der Waals surface area (Å²) in [5, 5.41) is 12.2. The van der Waals surface area contributed by atoms with Gasteiger partial charge in [-0.1, -0.05) is 20.8 Å². The predicted molar refractivity (Wildman–Crippen MR) is 83.0 cm³/mol. The van der Waals surface area contributed by atoms with E-state index in [0.29, 0.717) is 30.0 Å². The van der Waals surface area contributed by atoms with Gasteiger partial charge in [0.05, 0.1) is 12.3 Å². The van der Waals surface area contributed by atoms with E-state index in [1.807, 2.05) is 13.0 Å². The smallest absolute Gasteiger partial charge is 0.239 e. The Kier molecular flexibility index (Phi) is 7.15. The normalized spacial score (nSPS) is 12.4. The van der Waals surface area contributed by atoms with Gasteiger partial charge in [-0.2, -0.15) is 4.98 Å². The largest absolute Gasteiger partial charge is 0.476 e. The number of nitrogens with two attached hydrogens (primary N) is 1. The van der Waals surface area contributed by atoms with E-state index in [0.717, 1.165) is 25.2 Å². The minimum atomic E-state index is 0.243. The lowest BCUT2D eigenvalue weighted by Crippen LogP contribution is -2.10. The lowest BCUT2D eigenvalue weighted by molar-refractivity contribution is 0.229. The maximum Gasteiger partial charge on any atom is 0.239 e. The molecule has 1 aromatic heterocycles. The lowest BCUT2D eigenvalue weighted by Gasteiger charge is -2.12. The minimum Gasteiger partial charge on any atom is -0.476 e. The van der Waals surface area contributed by atoms with Crippen molar-refractivity contribution in [1.82, 2.24) is 4.98 Å². The first kappa shape index (κ1) is 16.6. The maximum absolute atomic E-state index is 8.96. The average molecular weight is 281 g/mol. The molecule has 0 aromatic carbocycles. The molecule has 0 aliphatic carbocycles. The number of ether oxygens (including phenoxy) is 1. The van der Waals surface area contributed by atoms with E-state index in [-0.39, 0.29) is 6.61 Å². The van der Waals surface area contributed by atoms with Crippen molar-refractivity contribution in [2.24, 2.45) is 11.8 Å². The van der Waals surface area contributed by atoms with E-state index in [1.165, 1.54) is 0 Å². The van der Waals surface area contributed by atoms with Gasteiger partial charge in [-0.3, -0.25) is 0 Å². The van der Waals surface area contributed by atoms with Gasteiger partial charge in [0.15, 0.2) is 0 Å². The fourth-order valence-corrected chi connectivity index (χ4v) is 1.67. The molecule has 1 heterocycles. The predicted octanol–water partition coefficient (Wildman–Crippen LogP) is 2.52. The van der Waals surface area contributed by atoms with Gasteiger partial charge >= 0.3 is 0 Å². The van der Waals surface area contributed by atoms with Gasteiger partial charge in [0.2, 0.25) is 5.88 Å². The van der Waals surface area contributed by atoms with Gasteiger partial charge in [0, 0.05) is 13.2 Å². The Morgan fingerprint density at radius 3 is 2.75 bits per heavy atom. The maximum atomic E-state index is 8.96. The number of hydrogen-bond donors (Lipinski definition) is 3. The number of rotatable bonds is 9. The molecular formula is C15H27N3O2. The van der Waals surface area contributed by atoms with Crippen LogP contribution < -0.4 is 15.8 Å². The van der Waals surface area contributed by atoms with E-state index in [9.17, 15) is 0 Å². The van der Waals surface area contributed by atoms with Crippen LogP contribution in [0.5, 0.6) is 5.88 Å². The molecule has 1 unspecified atom stereocenters. The molecule has 5 heteroatoms. The highest BCUT2D eigenvalue weighted by atomic mass is 16.5. The number of anilines is 2. The number of aromatic nitrogens is 1. The van der Waals surface area contributed by atoms with E-state index in [2.05, 4.69) is 24.1 Å². The molecule has 0 aliphatic rings. The monoisotopic (exact) mass is 281 g/mol. The average Bonchev–Trinajstić information content (AvgIpc) is 2.43. The van der Waals surface area contributed by atoms with Gasteiger partial charge in [0.1, 0.15) is 5.82 Å². The zero-order chi connectivity index (χ0) is 15.0. The highest BCUT2D eigenvalue weighted by Gasteiger charge is 2.06. The zero-order valence-electron chi connectivity index (χ0n) is 12.7. The van der Waals surface area contributed by atoms with Crippen LogP contribution in [0.3, 0.4) is 0 Å². The molecule has 0 saturated carbocycles. The zero-order valence-corrected chi connectivity index (χ0v) is 12.7. The molecule has 0 spiro atoms. The third-order valence-electron chi connectivity index (χ3n) is 2.93. The van der Waals surface area contributed by atoms with Crippen LogP contribution in [-0.2, 0) is 0 Å². The number of aliphatic hydroxyl groups is 1. The fourth-order valence-electron chi connectivity index (χ4n) is 1.67. The number of nitrogen functional groups attached to an aromatic ring is 1. The van der Waals surface area contributed by atoms with Gasteiger partial charge in [-0.25, -0.2) is 0 Å². The summed E-state index contributed by atoms with van der Waals surface area (Å²) in [6, 6.07) is 3.66. The molecule has 0 amide bonds. The molecule has 1 rings (SSSR count). The van der Waals surface area contributed by atoms with Crippen LogP contribution in [0.15, 0.2) is 12.1 Å². The third kappa shape index (κ3) is 6.10. The molecule has 1 atom stereocenters. The Bertz CT molecular complexity index is 397. The number of pyridine rings is 1. The second-order valence-corrected chi connectivity index (χ2v) is 5.65. The molecule has 0 aliphatic heterocycles. The first-order valence-electron chi connectivity index (χ1n) is 7.27. The van der Waals surface area contributed by atoms with Crippen LogP contribution in [-0.4, -0.2) is 29.8 Å². The van der Waals surface area contributed by atoms with Crippen molar-refractivity contribution < 1.29 is 9.84 Å². The quantitative estimate of drug-likeness (QED) is 0.606. The van der Waals surface area contributed by atoms with E-state index in [4.69, 9.17) is 15.6 Å². The third-order valence-corrected chi connectivity index (χ3v) is 2.93. The molecule has 4 N–H and O–H groups in total. The van der Waals surface area contributed by atoms with Crippen LogP contribution in [0.25, 0.3) is 0 Å². The Morgan fingerprint density at radius 2 is 2.10 bits per heavy atom. The summed E-state index contributed by atoms with van der Waals surface area (Å²) >= 11 is 0. The second-order valence-electron chi connectivity index (χ2n) is 5.65. The first-order valence-corrected chi connectivity index (χ1v) is 7.27. The molecule has 0 fully saturated rings. The Hall–Kier alpha value is -1.49. The second kappa shape index (κ2) is 8.64. The molecule has 0 radical (unpaired) electrons. The standard InChI is InChI=1S/C15H27N3O2/c1-11(2)10-20-15-13(16)6-7-14(18-15)17-8-4-5-12(3)9-19/h6-7,11-12,19H,4-5,8-10,16H2,1-3H3,(H,17,18). The summed E-state index contributed by atoms with van der Waals surface area (Å²) in [5.41, 5.74) is 6.41. The van der Waals surface area contributed by atoms with Crippen LogP contribution in [0.2, 0.25) is 0 Å². The molecule has 20 heavy (non-hydrogen) atoms. The van der Waals surface area contributed by atoms with Crippen molar-refractivity contribution in [2.75, 3.05) is 30.8 Å². The summed E-state index contributed by atoms with van der Waals surface area (Å²) in [7, 11) is 0. The van der Waals surface area contributed by atoms with Crippen LogP contribution in [0.1, 0.15) is 33.6 Å². The van der Waals surface area contributed by atoms with E-state index in [1.54, 1.807) is 6.07 Å². The van der Waals surface area contributed by atoms with Gasteiger partial charge in [0.25, 0.3) is 0 Å². The number of hydrogen-bond acceptors (Lipinski definition) is 5. The molecule has 0 bridgehead atoms. The SMILES string of the molecule is CC(C)COc1nc(NCCCC(C)CO)ccc1N. The Morgan fingerprint density at radius 1 is 1.35 bits per heavy atom. The number of nitrogens with one attached hydrogen (secondary N) is 1. The Balaban J connectivity index is 2.44. The van der Waals surface area contributed by atoms with E-state index < -0.39 is 0 Å². The molecule has 114 valence electrons.